The van der Waals surface area contributed by atoms with Gasteiger partial charge in [0.25, 0.3) is 5.91 Å². The molecule has 4 amide bonds. The van der Waals surface area contributed by atoms with Gasteiger partial charge in [0.1, 0.15) is 6.04 Å². The van der Waals surface area contributed by atoms with E-state index in [1.54, 1.807) is 13.8 Å². The van der Waals surface area contributed by atoms with Gasteiger partial charge < -0.3 is 4.90 Å². The highest BCUT2D eigenvalue weighted by atomic mass is 32.3. The standard InChI is InChI=1S/C13H20N4O7S/c1-7(2)10(18)14-15-11(19)8-5-13(3-4-13)9-6-16(8)12(20)17(9)24-25(21,22)23/h7-9H,3-6H2,1-2H3,(H,14,18)(H,15,19)(H,21,22,23). The van der Waals surface area contributed by atoms with E-state index in [1.165, 1.54) is 4.90 Å². The number of nitrogens with zero attached hydrogens (tertiary/aromatic N) is 2. The molecular weight excluding hydrogens is 356 g/mol. The average Bonchev–Trinajstić information content (AvgIpc) is 3.22. The first kappa shape index (κ1) is 17.9. The highest BCUT2D eigenvalue weighted by Crippen LogP contribution is 2.59. The Kier molecular flexibility index (Phi) is 4.16. The van der Waals surface area contributed by atoms with Gasteiger partial charge in [-0.25, -0.2) is 4.79 Å². The van der Waals surface area contributed by atoms with Gasteiger partial charge >= 0.3 is 16.4 Å². The van der Waals surface area contributed by atoms with Crippen molar-refractivity contribution in [1.82, 2.24) is 20.8 Å². The second-order valence-corrected chi connectivity index (χ2v) is 8.00. The second kappa shape index (κ2) is 5.81. The number of amides is 4. The highest BCUT2D eigenvalue weighted by Gasteiger charge is 2.65. The molecule has 2 atom stereocenters. The van der Waals surface area contributed by atoms with Gasteiger partial charge in [0.2, 0.25) is 5.91 Å². The molecule has 2 bridgehead atoms. The Hall–Kier alpha value is -1.92. The van der Waals surface area contributed by atoms with Crippen LogP contribution in [0, 0.1) is 11.3 Å². The largest absolute Gasteiger partial charge is 0.418 e. The van der Waals surface area contributed by atoms with E-state index in [-0.39, 0.29) is 18.4 Å². The molecule has 0 aromatic heterocycles. The van der Waals surface area contributed by atoms with Crippen molar-refractivity contribution < 1.29 is 31.6 Å². The molecule has 2 aliphatic heterocycles. The molecule has 12 heteroatoms. The van der Waals surface area contributed by atoms with Gasteiger partial charge in [0, 0.05) is 12.5 Å². The van der Waals surface area contributed by atoms with Crippen molar-refractivity contribution in [3.05, 3.63) is 0 Å². The van der Waals surface area contributed by atoms with Crippen LogP contribution in [0.2, 0.25) is 0 Å². The summed E-state index contributed by atoms with van der Waals surface area (Å²) in [5.41, 5.74) is 4.18. The maximum Gasteiger partial charge on any atom is 0.418 e. The van der Waals surface area contributed by atoms with Gasteiger partial charge in [-0.15, -0.1) is 4.28 Å². The molecule has 2 saturated heterocycles. The third-order valence-corrected chi connectivity index (χ3v) is 5.32. The Morgan fingerprint density at radius 1 is 1.32 bits per heavy atom. The van der Waals surface area contributed by atoms with Gasteiger partial charge in [-0.05, 0) is 24.7 Å². The first-order chi connectivity index (χ1) is 11.5. The normalized spacial score (nSPS) is 27.0. The van der Waals surface area contributed by atoms with E-state index in [1.807, 2.05) is 0 Å². The average molecular weight is 376 g/mol. The van der Waals surface area contributed by atoms with E-state index in [0.717, 1.165) is 0 Å². The second-order valence-electron chi connectivity index (χ2n) is 6.99. The summed E-state index contributed by atoms with van der Waals surface area (Å²) in [5, 5.41) is 0.641. The van der Waals surface area contributed by atoms with Crippen LogP contribution in [0.15, 0.2) is 0 Å². The molecule has 3 rings (SSSR count). The Morgan fingerprint density at radius 2 is 1.96 bits per heavy atom. The van der Waals surface area contributed by atoms with Crippen molar-refractivity contribution in [2.45, 2.75) is 45.2 Å². The molecule has 1 aliphatic carbocycles. The van der Waals surface area contributed by atoms with Crippen molar-refractivity contribution in [2.24, 2.45) is 11.3 Å². The molecule has 2 unspecified atom stereocenters. The summed E-state index contributed by atoms with van der Waals surface area (Å²) in [6.07, 6.45) is 1.76. The van der Waals surface area contributed by atoms with E-state index in [0.29, 0.717) is 24.3 Å². The number of hydrazine groups is 1. The molecule has 140 valence electrons. The van der Waals surface area contributed by atoms with E-state index in [9.17, 15) is 22.8 Å². The lowest BCUT2D eigenvalue weighted by molar-refractivity contribution is -0.133. The monoisotopic (exact) mass is 376 g/mol. The first-order valence-electron chi connectivity index (χ1n) is 7.91. The zero-order valence-corrected chi connectivity index (χ0v) is 14.6. The minimum Gasteiger partial charge on any atom is -0.309 e. The minimum absolute atomic E-state index is 0.116. The lowest BCUT2D eigenvalue weighted by Crippen LogP contribution is -2.56. The predicted octanol–water partition coefficient (Wildman–Crippen LogP) is -0.817. The van der Waals surface area contributed by atoms with Crippen LogP contribution < -0.4 is 10.9 Å². The van der Waals surface area contributed by atoms with E-state index < -0.39 is 39.8 Å². The number of hydrogen-bond donors (Lipinski definition) is 3. The molecule has 0 aromatic carbocycles. The number of piperidine rings is 1. The van der Waals surface area contributed by atoms with Gasteiger partial charge in [0.05, 0.1) is 6.04 Å². The van der Waals surface area contributed by atoms with Crippen molar-refractivity contribution in [2.75, 3.05) is 6.54 Å². The van der Waals surface area contributed by atoms with Crippen LogP contribution in [0.4, 0.5) is 4.79 Å². The van der Waals surface area contributed by atoms with E-state index in [2.05, 4.69) is 15.1 Å². The Balaban J connectivity index is 1.75. The first-order valence-corrected chi connectivity index (χ1v) is 9.27. The predicted molar refractivity (Wildman–Crippen MR) is 81.6 cm³/mol. The molecule has 3 fully saturated rings. The van der Waals surface area contributed by atoms with Crippen LogP contribution in [-0.2, 0) is 24.3 Å². The maximum absolute atomic E-state index is 12.4. The number of hydroxylamine groups is 2. The molecule has 3 N–H and O–H groups in total. The SMILES string of the molecule is CC(C)C(=O)NNC(=O)C1CC2(CC2)C2CN1C(=O)N2OS(=O)(=O)O. The molecule has 2 heterocycles. The number of nitrogens with one attached hydrogen (secondary N) is 2. The van der Waals surface area contributed by atoms with Crippen molar-refractivity contribution in [1.29, 1.82) is 0 Å². The lowest BCUT2D eigenvalue weighted by Gasteiger charge is -2.35. The number of carbonyl (C=O) groups excluding carboxylic acids is 3. The van der Waals surface area contributed by atoms with Crippen molar-refractivity contribution in [3.8, 4) is 0 Å². The number of carbonyl (C=O) groups is 3. The third-order valence-electron chi connectivity index (χ3n) is 4.97. The number of hydrogen-bond acceptors (Lipinski definition) is 6. The quantitative estimate of drug-likeness (QED) is 0.429. The molecule has 1 spiro atoms. The highest BCUT2D eigenvalue weighted by molar-refractivity contribution is 7.80. The Bertz CT molecular complexity index is 718. The summed E-state index contributed by atoms with van der Waals surface area (Å²) in [6, 6.07) is -2.20. The van der Waals surface area contributed by atoms with Gasteiger partial charge in [0.15, 0.2) is 0 Å². The van der Waals surface area contributed by atoms with Crippen LogP contribution in [-0.4, -0.2) is 59.4 Å². The molecule has 0 aromatic rings. The number of urea groups is 1. The fraction of sp³-hybridized carbons (Fsp3) is 0.769. The third kappa shape index (κ3) is 3.28. The number of rotatable bonds is 4. The van der Waals surface area contributed by atoms with Crippen molar-refractivity contribution >= 4 is 28.2 Å². The maximum atomic E-state index is 12.4. The zero-order chi connectivity index (χ0) is 18.6. The smallest absolute Gasteiger partial charge is 0.309 e. The summed E-state index contributed by atoms with van der Waals surface area (Å²) >= 11 is 0. The number of fused-ring (bicyclic) bond motifs is 3. The zero-order valence-electron chi connectivity index (χ0n) is 13.8. The molecular formula is C13H20N4O7S. The van der Waals surface area contributed by atoms with Gasteiger partial charge in [-0.3, -0.25) is 25.0 Å². The molecule has 3 aliphatic rings. The molecule has 0 radical (unpaired) electrons. The van der Waals surface area contributed by atoms with E-state index in [4.69, 9.17) is 4.55 Å². The Labute approximate surface area is 144 Å². The lowest BCUT2D eigenvalue weighted by atomic mass is 9.85. The topological polar surface area (TPSA) is 145 Å². The summed E-state index contributed by atoms with van der Waals surface area (Å²) in [4.78, 5) is 37.6. The van der Waals surface area contributed by atoms with Crippen LogP contribution in [0.5, 0.6) is 0 Å². The molecule has 25 heavy (non-hydrogen) atoms. The fourth-order valence-electron chi connectivity index (χ4n) is 3.40. The molecule has 11 nitrogen and oxygen atoms in total. The summed E-state index contributed by atoms with van der Waals surface area (Å²) in [7, 11) is -4.85. The van der Waals surface area contributed by atoms with Crippen LogP contribution in [0.3, 0.4) is 0 Å². The van der Waals surface area contributed by atoms with Gasteiger partial charge in [-0.1, -0.05) is 13.8 Å². The van der Waals surface area contributed by atoms with E-state index >= 15 is 0 Å². The van der Waals surface area contributed by atoms with Crippen LogP contribution >= 0.6 is 0 Å². The van der Waals surface area contributed by atoms with Gasteiger partial charge in [-0.2, -0.15) is 13.5 Å². The summed E-state index contributed by atoms with van der Waals surface area (Å²) in [6.45, 7) is 3.45. The minimum atomic E-state index is -4.85. The summed E-state index contributed by atoms with van der Waals surface area (Å²) in [5.74, 6) is -1.24. The fourth-order valence-corrected chi connectivity index (χ4v) is 3.77. The van der Waals surface area contributed by atoms with Crippen LogP contribution in [0.1, 0.15) is 33.1 Å². The molecule has 1 saturated carbocycles. The van der Waals surface area contributed by atoms with Crippen LogP contribution in [0.25, 0.3) is 0 Å². The summed E-state index contributed by atoms with van der Waals surface area (Å²) < 4.78 is 35.3. The Morgan fingerprint density at radius 3 is 2.48 bits per heavy atom. The van der Waals surface area contributed by atoms with Crippen molar-refractivity contribution in [3.63, 3.8) is 0 Å².